The van der Waals surface area contributed by atoms with Crippen molar-refractivity contribution in [3.05, 3.63) is 35.0 Å². The zero-order valence-corrected chi connectivity index (χ0v) is 14.1. The number of hydrogen-bond acceptors (Lipinski definition) is 6. The largest absolute Gasteiger partial charge is 0.462 e. The number of benzene rings is 1. The molecule has 1 aliphatic heterocycles. The van der Waals surface area contributed by atoms with Crippen molar-refractivity contribution in [2.45, 2.75) is 13.8 Å². The summed E-state index contributed by atoms with van der Waals surface area (Å²) in [6.07, 6.45) is 1.27. The Bertz CT molecular complexity index is 682. The van der Waals surface area contributed by atoms with Gasteiger partial charge in [0.15, 0.2) is 5.57 Å². The average molecular weight is 353 g/mol. The second-order valence-electron chi connectivity index (χ2n) is 4.82. The minimum Gasteiger partial charge on any atom is -0.462 e. The third-order valence-corrected chi connectivity index (χ3v) is 3.37. The van der Waals surface area contributed by atoms with Crippen LogP contribution in [-0.4, -0.2) is 37.6 Å². The molecule has 24 heavy (non-hydrogen) atoms. The van der Waals surface area contributed by atoms with Gasteiger partial charge in [-0.3, -0.25) is 4.79 Å². The third-order valence-electron chi connectivity index (χ3n) is 3.13. The highest BCUT2D eigenvalue weighted by Crippen LogP contribution is 2.32. The van der Waals surface area contributed by atoms with Crippen LogP contribution in [0.3, 0.4) is 0 Å². The van der Waals surface area contributed by atoms with Crippen LogP contribution in [-0.2, 0) is 23.9 Å². The summed E-state index contributed by atoms with van der Waals surface area (Å²) in [5.74, 6) is -1.91. The highest BCUT2D eigenvalue weighted by atomic mass is 35.5. The van der Waals surface area contributed by atoms with Crippen LogP contribution in [0.5, 0.6) is 0 Å². The summed E-state index contributed by atoms with van der Waals surface area (Å²) in [5, 5.41) is 3.14. The van der Waals surface area contributed by atoms with Gasteiger partial charge in [0, 0.05) is 11.2 Å². The van der Waals surface area contributed by atoms with Gasteiger partial charge in [0.25, 0.3) is 0 Å². The van der Waals surface area contributed by atoms with Crippen molar-refractivity contribution in [1.82, 2.24) is 0 Å². The van der Waals surface area contributed by atoms with Gasteiger partial charge in [-0.05, 0) is 32.0 Å². The van der Waals surface area contributed by atoms with Gasteiger partial charge >= 0.3 is 11.9 Å². The summed E-state index contributed by atoms with van der Waals surface area (Å²) in [6.45, 7) is 3.43. The molecule has 0 atom stereocenters. The zero-order valence-electron chi connectivity index (χ0n) is 13.3. The van der Waals surface area contributed by atoms with Crippen LogP contribution < -0.4 is 10.2 Å². The smallest absolute Gasteiger partial charge is 0.347 e. The molecule has 8 heteroatoms. The van der Waals surface area contributed by atoms with E-state index in [0.29, 0.717) is 16.4 Å². The van der Waals surface area contributed by atoms with Crippen LogP contribution in [0.1, 0.15) is 13.8 Å². The lowest BCUT2D eigenvalue weighted by Gasteiger charge is -2.28. The predicted octanol–water partition coefficient (Wildman–Crippen LogP) is 2.11. The quantitative estimate of drug-likeness (QED) is 0.378. The molecule has 0 aromatic heterocycles. The number of esters is 2. The molecular formula is C16H17ClN2O5. The molecule has 1 aromatic carbocycles. The second kappa shape index (κ2) is 7.83. The topological polar surface area (TPSA) is 84.9 Å². The number of nitrogens with one attached hydrogen (secondary N) is 1. The Balaban J connectivity index is 2.43. The second-order valence-corrected chi connectivity index (χ2v) is 5.26. The molecule has 2 rings (SSSR count). The van der Waals surface area contributed by atoms with Crippen LogP contribution in [0, 0.1) is 0 Å². The molecule has 0 saturated heterocycles. The summed E-state index contributed by atoms with van der Waals surface area (Å²) >= 11 is 5.93. The average Bonchev–Trinajstić information content (AvgIpc) is 2.52. The summed E-state index contributed by atoms with van der Waals surface area (Å²) in [7, 11) is 0. The Hall–Kier alpha value is -2.54. The van der Waals surface area contributed by atoms with Crippen molar-refractivity contribution in [2.75, 3.05) is 30.0 Å². The molecule has 1 aliphatic rings. The van der Waals surface area contributed by atoms with Gasteiger partial charge in [0.1, 0.15) is 6.54 Å². The normalized spacial score (nSPS) is 12.8. The lowest BCUT2D eigenvalue weighted by atomic mass is 10.2. The van der Waals surface area contributed by atoms with E-state index in [1.165, 1.54) is 11.1 Å². The fourth-order valence-electron chi connectivity index (χ4n) is 2.17. The number of halogens is 1. The van der Waals surface area contributed by atoms with E-state index >= 15 is 0 Å². The van der Waals surface area contributed by atoms with E-state index in [2.05, 4.69) is 5.32 Å². The summed E-state index contributed by atoms with van der Waals surface area (Å²) < 4.78 is 9.78. The molecule has 0 aliphatic carbocycles. The maximum atomic E-state index is 12.0. The number of anilines is 2. The summed E-state index contributed by atoms with van der Waals surface area (Å²) in [4.78, 5) is 37.4. The molecule has 1 N–H and O–H groups in total. The van der Waals surface area contributed by atoms with Crippen molar-refractivity contribution in [3.63, 3.8) is 0 Å². The predicted molar refractivity (Wildman–Crippen MR) is 88.8 cm³/mol. The van der Waals surface area contributed by atoms with Gasteiger partial charge in [-0.15, -0.1) is 0 Å². The number of ether oxygens (including phenoxy) is 2. The Morgan fingerprint density at radius 2 is 1.88 bits per heavy atom. The summed E-state index contributed by atoms with van der Waals surface area (Å²) in [6, 6.07) is 4.91. The van der Waals surface area contributed by atoms with Gasteiger partial charge in [-0.2, -0.15) is 0 Å². The van der Waals surface area contributed by atoms with Gasteiger partial charge in [0.2, 0.25) is 5.91 Å². The van der Waals surface area contributed by atoms with E-state index in [4.69, 9.17) is 21.1 Å². The molecule has 0 fully saturated rings. The van der Waals surface area contributed by atoms with Crippen LogP contribution in [0.2, 0.25) is 5.02 Å². The maximum absolute atomic E-state index is 12.0. The first kappa shape index (κ1) is 17.8. The SMILES string of the molecule is CCOC(=O)C(=CN1CC(=O)Nc2cc(Cl)ccc21)C(=O)OCC. The third kappa shape index (κ3) is 4.05. The maximum Gasteiger partial charge on any atom is 0.347 e. The number of nitrogens with zero attached hydrogens (tertiary/aromatic N) is 1. The molecule has 0 bridgehead atoms. The van der Waals surface area contributed by atoms with Crippen molar-refractivity contribution >= 4 is 40.8 Å². The van der Waals surface area contributed by atoms with E-state index < -0.39 is 11.9 Å². The highest BCUT2D eigenvalue weighted by molar-refractivity contribution is 6.31. The first-order chi connectivity index (χ1) is 11.5. The molecule has 0 unspecified atom stereocenters. The van der Waals surface area contributed by atoms with E-state index in [0.717, 1.165) is 0 Å². The minimum absolute atomic E-state index is 0.0586. The molecule has 0 saturated carbocycles. The lowest BCUT2D eigenvalue weighted by molar-refractivity contribution is -0.146. The van der Waals surface area contributed by atoms with Gasteiger partial charge in [-0.25, -0.2) is 9.59 Å². The molecule has 0 spiro atoms. The van der Waals surface area contributed by atoms with Gasteiger partial charge < -0.3 is 19.7 Å². The molecular weight excluding hydrogens is 336 g/mol. The number of amides is 1. The van der Waals surface area contributed by atoms with E-state index in [1.807, 2.05) is 0 Å². The molecule has 0 radical (unpaired) electrons. The molecule has 1 aromatic rings. The Morgan fingerprint density at radius 3 is 2.46 bits per heavy atom. The van der Waals surface area contributed by atoms with Crippen molar-refractivity contribution in [2.24, 2.45) is 0 Å². The van der Waals surface area contributed by atoms with Crippen LogP contribution in [0.15, 0.2) is 30.0 Å². The molecule has 128 valence electrons. The summed E-state index contributed by atoms with van der Waals surface area (Å²) in [5.41, 5.74) is 0.807. The number of carbonyl (C=O) groups is 3. The molecule has 1 amide bonds. The number of fused-ring (bicyclic) bond motifs is 1. The fraction of sp³-hybridized carbons (Fsp3) is 0.312. The van der Waals surface area contributed by atoms with Crippen molar-refractivity contribution in [3.8, 4) is 0 Å². The Kier molecular flexibility index (Phi) is 5.81. The van der Waals surface area contributed by atoms with Gasteiger partial charge in [-0.1, -0.05) is 11.6 Å². The van der Waals surface area contributed by atoms with Crippen LogP contribution >= 0.6 is 11.6 Å². The first-order valence-corrected chi connectivity index (χ1v) is 7.76. The highest BCUT2D eigenvalue weighted by Gasteiger charge is 2.26. The fourth-order valence-corrected chi connectivity index (χ4v) is 2.34. The van der Waals surface area contributed by atoms with E-state index in [-0.39, 0.29) is 31.2 Å². The monoisotopic (exact) mass is 352 g/mol. The molecule has 1 heterocycles. The van der Waals surface area contributed by atoms with Gasteiger partial charge in [0.05, 0.1) is 24.6 Å². The number of rotatable bonds is 5. The zero-order chi connectivity index (χ0) is 17.7. The Labute approximate surface area is 144 Å². The first-order valence-electron chi connectivity index (χ1n) is 7.38. The van der Waals surface area contributed by atoms with Crippen LogP contribution in [0.4, 0.5) is 11.4 Å². The number of carbonyl (C=O) groups excluding carboxylic acids is 3. The van der Waals surface area contributed by atoms with E-state index in [9.17, 15) is 14.4 Å². The standard InChI is InChI=1S/C16H17ClN2O5/c1-3-23-15(21)11(16(22)24-4-2)8-19-9-14(20)18-12-7-10(17)5-6-13(12)19/h5-8H,3-4,9H2,1-2H3,(H,18,20). The van der Waals surface area contributed by atoms with Crippen LogP contribution in [0.25, 0.3) is 0 Å². The van der Waals surface area contributed by atoms with Crippen molar-refractivity contribution in [1.29, 1.82) is 0 Å². The lowest BCUT2D eigenvalue weighted by Crippen LogP contribution is -2.36. The number of hydrogen-bond donors (Lipinski definition) is 1. The molecule has 7 nitrogen and oxygen atoms in total. The van der Waals surface area contributed by atoms with Crippen molar-refractivity contribution < 1.29 is 23.9 Å². The Morgan fingerprint density at radius 1 is 1.25 bits per heavy atom. The minimum atomic E-state index is -0.808. The van der Waals surface area contributed by atoms with E-state index in [1.54, 1.807) is 32.0 Å².